The van der Waals surface area contributed by atoms with E-state index in [2.05, 4.69) is 29.8 Å². The van der Waals surface area contributed by atoms with Crippen molar-refractivity contribution in [2.75, 3.05) is 18.0 Å². The molecule has 3 aromatic rings. The van der Waals surface area contributed by atoms with Gasteiger partial charge in [0.1, 0.15) is 11.5 Å². The van der Waals surface area contributed by atoms with Gasteiger partial charge in [0, 0.05) is 50.0 Å². The molecule has 3 aromatic heterocycles. The molecule has 1 aliphatic heterocycles. The van der Waals surface area contributed by atoms with Crippen LogP contribution in [0.3, 0.4) is 0 Å². The lowest BCUT2D eigenvalue weighted by atomic mass is 9.94. The molecule has 132 valence electrons. The SMILES string of the molecule is Cc1ncccc1Oc1nccnc1[C@H]1CCCN(c2cnccn2)C1. The Morgan fingerprint density at radius 2 is 1.92 bits per heavy atom. The van der Waals surface area contributed by atoms with Gasteiger partial charge in [-0.1, -0.05) is 0 Å². The third kappa shape index (κ3) is 3.46. The lowest BCUT2D eigenvalue weighted by molar-refractivity contribution is 0.422. The summed E-state index contributed by atoms with van der Waals surface area (Å²) in [5.41, 5.74) is 1.71. The summed E-state index contributed by atoms with van der Waals surface area (Å²) < 4.78 is 6.05. The second-order valence-corrected chi connectivity index (χ2v) is 6.28. The van der Waals surface area contributed by atoms with Crippen molar-refractivity contribution in [3.05, 3.63) is 60.7 Å². The monoisotopic (exact) mass is 348 g/mol. The molecule has 0 amide bonds. The number of hydrogen-bond acceptors (Lipinski definition) is 7. The zero-order chi connectivity index (χ0) is 17.8. The van der Waals surface area contributed by atoms with E-state index in [1.54, 1.807) is 37.2 Å². The maximum Gasteiger partial charge on any atom is 0.241 e. The van der Waals surface area contributed by atoms with Crippen molar-refractivity contribution in [2.24, 2.45) is 0 Å². The Morgan fingerprint density at radius 3 is 2.77 bits per heavy atom. The van der Waals surface area contributed by atoms with E-state index < -0.39 is 0 Å². The highest BCUT2D eigenvalue weighted by Crippen LogP contribution is 2.34. The minimum absolute atomic E-state index is 0.228. The molecule has 0 bridgehead atoms. The first kappa shape index (κ1) is 16.4. The molecule has 0 aromatic carbocycles. The Labute approximate surface area is 152 Å². The Morgan fingerprint density at radius 1 is 1.04 bits per heavy atom. The van der Waals surface area contributed by atoms with Crippen LogP contribution in [0.1, 0.15) is 30.1 Å². The summed E-state index contributed by atoms with van der Waals surface area (Å²) in [5, 5.41) is 0. The van der Waals surface area contributed by atoms with Gasteiger partial charge in [0.15, 0.2) is 5.75 Å². The van der Waals surface area contributed by atoms with Crippen LogP contribution in [-0.4, -0.2) is 38.0 Å². The topological polar surface area (TPSA) is 76.9 Å². The van der Waals surface area contributed by atoms with E-state index in [1.165, 1.54) is 0 Å². The van der Waals surface area contributed by atoms with Crippen molar-refractivity contribution in [3.8, 4) is 11.6 Å². The number of aryl methyl sites for hydroxylation is 1. The Balaban J connectivity index is 1.59. The van der Waals surface area contributed by atoms with Gasteiger partial charge in [-0.3, -0.25) is 15.0 Å². The molecule has 1 saturated heterocycles. The third-order valence-corrected chi connectivity index (χ3v) is 4.54. The maximum atomic E-state index is 6.05. The summed E-state index contributed by atoms with van der Waals surface area (Å²) in [6.07, 6.45) is 12.4. The molecule has 0 unspecified atom stereocenters. The summed E-state index contributed by atoms with van der Waals surface area (Å²) in [4.78, 5) is 24.1. The van der Waals surface area contributed by atoms with Gasteiger partial charge in [-0.15, -0.1) is 0 Å². The highest BCUT2D eigenvalue weighted by Gasteiger charge is 2.27. The smallest absolute Gasteiger partial charge is 0.241 e. The molecule has 0 aliphatic carbocycles. The van der Waals surface area contributed by atoms with E-state index in [0.717, 1.165) is 43.1 Å². The summed E-state index contributed by atoms with van der Waals surface area (Å²) in [6, 6.07) is 3.75. The molecule has 7 heteroatoms. The van der Waals surface area contributed by atoms with Crippen molar-refractivity contribution < 1.29 is 4.74 Å². The lowest BCUT2D eigenvalue weighted by Crippen LogP contribution is -2.35. The predicted molar refractivity (Wildman–Crippen MR) is 97.3 cm³/mol. The number of piperidine rings is 1. The average molecular weight is 348 g/mol. The number of aromatic nitrogens is 5. The van der Waals surface area contributed by atoms with Crippen LogP contribution in [0, 0.1) is 6.92 Å². The van der Waals surface area contributed by atoms with Crippen LogP contribution in [0.5, 0.6) is 11.6 Å². The molecule has 1 aliphatic rings. The number of hydrogen-bond donors (Lipinski definition) is 0. The maximum absolute atomic E-state index is 6.05. The molecular weight excluding hydrogens is 328 g/mol. The number of pyridine rings is 1. The second kappa shape index (κ2) is 7.43. The summed E-state index contributed by atoms with van der Waals surface area (Å²) >= 11 is 0. The molecule has 4 heterocycles. The zero-order valence-electron chi connectivity index (χ0n) is 14.6. The first-order valence-corrected chi connectivity index (χ1v) is 8.72. The Bertz CT molecular complexity index is 873. The standard InChI is InChI=1S/C19H20N6O/c1-14-16(5-2-6-21-14)26-19-18(23-9-10-24-19)15-4-3-11-25(13-15)17-12-20-7-8-22-17/h2,5-10,12,15H,3-4,11,13H2,1H3/t15-/m0/s1. The molecular formula is C19H20N6O. The van der Waals surface area contributed by atoms with Crippen LogP contribution >= 0.6 is 0 Å². The largest absolute Gasteiger partial charge is 0.435 e. The van der Waals surface area contributed by atoms with Crippen LogP contribution in [0.15, 0.2) is 49.3 Å². The molecule has 0 N–H and O–H groups in total. The molecule has 7 nitrogen and oxygen atoms in total. The average Bonchev–Trinajstić information content (AvgIpc) is 2.71. The van der Waals surface area contributed by atoms with Gasteiger partial charge in [0.05, 0.1) is 11.9 Å². The zero-order valence-corrected chi connectivity index (χ0v) is 14.6. The van der Waals surface area contributed by atoms with E-state index in [1.807, 2.05) is 19.1 Å². The second-order valence-electron chi connectivity index (χ2n) is 6.28. The predicted octanol–water partition coefficient (Wildman–Crippen LogP) is 3.15. The minimum Gasteiger partial charge on any atom is -0.435 e. The van der Waals surface area contributed by atoms with Crippen LogP contribution in [0.4, 0.5) is 5.82 Å². The molecule has 4 rings (SSSR count). The number of anilines is 1. The Hall–Kier alpha value is -3.09. The van der Waals surface area contributed by atoms with Crippen molar-refractivity contribution in [3.63, 3.8) is 0 Å². The fourth-order valence-corrected chi connectivity index (χ4v) is 3.24. The molecule has 0 spiro atoms. The summed E-state index contributed by atoms with van der Waals surface area (Å²) in [7, 11) is 0. The van der Waals surface area contributed by atoms with E-state index >= 15 is 0 Å². The van der Waals surface area contributed by atoms with Gasteiger partial charge >= 0.3 is 0 Å². The van der Waals surface area contributed by atoms with Gasteiger partial charge in [-0.2, -0.15) is 0 Å². The highest BCUT2D eigenvalue weighted by atomic mass is 16.5. The third-order valence-electron chi connectivity index (χ3n) is 4.54. The molecule has 1 fully saturated rings. The van der Waals surface area contributed by atoms with Crippen molar-refractivity contribution in [2.45, 2.75) is 25.7 Å². The number of nitrogens with zero attached hydrogens (tertiary/aromatic N) is 6. The lowest BCUT2D eigenvalue weighted by Gasteiger charge is -2.33. The molecule has 26 heavy (non-hydrogen) atoms. The van der Waals surface area contributed by atoms with Crippen molar-refractivity contribution in [1.82, 2.24) is 24.9 Å². The van der Waals surface area contributed by atoms with Crippen molar-refractivity contribution in [1.29, 1.82) is 0 Å². The Kier molecular flexibility index (Phi) is 4.68. The van der Waals surface area contributed by atoms with Crippen LogP contribution in [0.25, 0.3) is 0 Å². The summed E-state index contributed by atoms with van der Waals surface area (Å²) in [5.74, 6) is 2.38. The van der Waals surface area contributed by atoms with Crippen LogP contribution in [-0.2, 0) is 0 Å². The van der Waals surface area contributed by atoms with Gasteiger partial charge in [-0.25, -0.2) is 9.97 Å². The van der Waals surface area contributed by atoms with Crippen LogP contribution < -0.4 is 9.64 Å². The van der Waals surface area contributed by atoms with Gasteiger partial charge in [0.25, 0.3) is 0 Å². The van der Waals surface area contributed by atoms with Crippen LogP contribution in [0.2, 0.25) is 0 Å². The van der Waals surface area contributed by atoms with Crippen molar-refractivity contribution >= 4 is 5.82 Å². The molecule has 0 radical (unpaired) electrons. The first-order chi connectivity index (χ1) is 12.8. The van der Waals surface area contributed by atoms with E-state index in [4.69, 9.17) is 4.74 Å². The fourth-order valence-electron chi connectivity index (χ4n) is 3.24. The number of ether oxygens (including phenoxy) is 1. The van der Waals surface area contributed by atoms with E-state index in [9.17, 15) is 0 Å². The van der Waals surface area contributed by atoms with E-state index in [0.29, 0.717) is 11.6 Å². The van der Waals surface area contributed by atoms with Gasteiger partial charge in [-0.05, 0) is 31.9 Å². The quantitative estimate of drug-likeness (QED) is 0.717. The molecule has 1 atom stereocenters. The highest BCUT2D eigenvalue weighted by molar-refractivity contribution is 5.39. The minimum atomic E-state index is 0.228. The first-order valence-electron chi connectivity index (χ1n) is 8.72. The number of rotatable bonds is 4. The van der Waals surface area contributed by atoms with Gasteiger partial charge in [0.2, 0.25) is 5.88 Å². The molecule has 0 saturated carbocycles. The summed E-state index contributed by atoms with van der Waals surface area (Å²) in [6.45, 7) is 3.70. The van der Waals surface area contributed by atoms with Gasteiger partial charge < -0.3 is 9.64 Å². The normalized spacial score (nSPS) is 17.1. The van der Waals surface area contributed by atoms with E-state index in [-0.39, 0.29) is 5.92 Å². The fraction of sp³-hybridized carbons (Fsp3) is 0.316.